The number of H-pyrrole nitrogens is 1. The Hall–Kier alpha value is -1.81. The third-order valence-electron chi connectivity index (χ3n) is 3.74. The Morgan fingerprint density at radius 2 is 1.76 bits per heavy atom. The molecule has 0 radical (unpaired) electrons. The number of nitrogens with one attached hydrogen (secondary N) is 1. The number of hydrogen-bond acceptors (Lipinski definition) is 3. The van der Waals surface area contributed by atoms with E-state index < -0.39 is 0 Å². The molecule has 4 nitrogen and oxygen atoms in total. The zero-order valence-corrected chi connectivity index (χ0v) is 12.9. The molecular weight excluding hydrogens is 264 g/mol. The van der Waals surface area contributed by atoms with Gasteiger partial charge >= 0.3 is 0 Å². The van der Waals surface area contributed by atoms with E-state index in [1.54, 1.807) is 12.1 Å². The van der Waals surface area contributed by atoms with Gasteiger partial charge in [0.1, 0.15) is 5.75 Å². The fourth-order valence-corrected chi connectivity index (χ4v) is 2.76. The molecular formula is C17H24N2O2. The Kier molecular flexibility index (Phi) is 5.39. The molecule has 0 saturated carbocycles. The Morgan fingerprint density at radius 3 is 2.43 bits per heavy atom. The maximum Gasteiger partial charge on any atom is 0.248 e. The predicted molar refractivity (Wildman–Crippen MR) is 87.0 cm³/mol. The van der Waals surface area contributed by atoms with Crippen LogP contribution in [0.5, 0.6) is 5.75 Å². The highest BCUT2D eigenvalue weighted by molar-refractivity contribution is 5.87. The SMILES string of the molecule is CCCN(CCC)CCc1ccc(O)c2[nH]c(=O)ccc12. The smallest absolute Gasteiger partial charge is 0.248 e. The van der Waals surface area contributed by atoms with Crippen LogP contribution in [0, 0.1) is 0 Å². The summed E-state index contributed by atoms with van der Waals surface area (Å²) in [6, 6.07) is 6.93. The summed E-state index contributed by atoms with van der Waals surface area (Å²) in [4.78, 5) is 16.6. The van der Waals surface area contributed by atoms with Crippen LogP contribution in [-0.4, -0.2) is 34.6 Å². The molecule has 2 rings (SSSR count). The number of phenolic OH excluding ortho intramolecular Hbond substituents is 1. The molecule has 4 heteroatoms. The van der Waals surface area contributed by atoms with Crippen LogP contribution >= 0.6 is 0 Å². The van der Waals surface area contributed by atoms with E-state index >= 15 is 0 Å². The molecule has 114 valence electrons. The van der Waals surface area contributed by atoms with Gasteiger partial charge in [0.05, 0.1) is 5.52 Å². The molecule has 0 bridgehead atoms. The summed E-state index contributed by atoms with van der Waals surface area (Å²) >= 11 is 0. The van der Waals surface area contributed by atoms with E-state index in [1.165, 1.54) is 6.07 Å². The normalized spacial score (nSPS) is 11.4. The summed E-state index contributed by atoms with van der Waals surface area (Å²) in [5, 5.41) is 10.8. The van der Waals surface area contributed by atoms with Crippen molar-refractivity contribution in [3.8, 4) is 5.75 Å². The molecule has 0 aliphatic heterocycles. The first kappa shape index (κ1) is 15.6. The second-order valence-corrected chi connectivity index (χ2v) is 5.45. The number of rotatable bonds is 7. The van der Waals surface area contributed by atoms with Crippen molar-refractivity contribution in [2.45, 2.75) is 33.1 Å². The lowest BCUT2D eigenvalue weighted by Crippen LogP contribution is -2.27. The number of aromatic amines is 1. The van der Waals surface area contributed by atoms with Gasteiger partial charge in [-0.25, -0.2) is 0 Å². The van der Waals surface area contributed by atoms with Crippen molar-refractivity contribution in [2.75, 3.05) is 19.6 Å². The van der Waals surface area contributed by atoms with Gasteiger partial charge in [-0.2, -0.15) is 0 Å². The molecule has 0 spiro atoms. The number of aromatic hydroxyl groups is 1. The van der Waals surface area contributed by atoms with Crippen molar-refractivity contribution in [3.63, 3.8) is 0 Å². The van der Waals surface area contributed by atoms with Crippen LogP contribution in [0.2, 0.25) is 0 Å². The highest BCUT2D eigenvalue weighted by Gasteiger charge is 2.08. The molecule has 1 heterocycles. The first-order valence-corrected chi connectivity index (χ1v) is 7.72. The summed E-state index contributed by atoms with van der Waals surface area (Å²) in [7, 11) is 0. The summed E-state index contributed by atoms with van der Waals surface area (Å²) in [6.45, 7) is 7.62. The molecule has 2 N–H and O–H groups in total. The van der Waals surface area contributed by atoms with E-state index in [-0.39, 0.29) is 11.3 Å². The monoisotopic (exact) mass is 288 g/mol. The zero-order valence-electron chi connectivity index (χ0n) is 12.9. The highest BCUT2D eigenvalue weighted by atomic mass is 16.3. The van der Waals surface area contributed by atoms with E-state index in [9.17, 15) is 9.90 Å². The third-order valence-corrected chi connectivity index (χ3v) is 3.74. The second kappa shape index (κ2) is 7.27. The van der Waals surface area contributed by atoms with E-state index in [4.69, 9.17) is 0 Å². The van der Waals surface area contributed by atoms with Crippen LogP contribution in [0.25, 0.3) is 10.9 Å². The lowest BCUT2D eigenvalue weighted by Gasteiger charge is -2.21. The van der Waals surface area contributed by atoms with Crippen LogP contribution in [-0.2, 0) is 6.42 Å². The van der Waals surface area contributed by atoms with E-state index in [1.807, 2.05) is 6.07 Å². The van der Waals surface area contributed by atoms with Crippen molar-refractivity contribution < 1.29 is 5.11 Å². The van der Waals surface area contributed by atoms with E-state index in [0.717, 1.165) is 49.8 Å². The number of fused-ring (bicyclic) bond motifs is 1. The molecule has 0 amide bonds. The second-order valence-electron chi connectivity index (χ2n) is 5.45. The first-order valence-electron chi connectivity index (χ1n) is 7.72. The predicted octanol–water partition coefficient (Wildman–Crippen LogP) is 2.90. The van der Waals surface area contributed by atoms with Crippen LogP contribution in [0.15, 0.2) is 29.1 Å². The molecule has 1 aromatic heterocycles. The van der Waals surface area contributed by atoms with Crippen molar-refractivity contribution in [3.05, 3.63) is 40.2 Å². The number of benzene rings is 1. The van der Waals surface area contributed by atoms with Crippen LogP contribution < -0.4 is 5.56 Å². The molecule has 0 saturated heterocycles. The lowest BCUT2D eigenvalue weighted by atomic mass is 10.0. The van der Waals surface area contributed by atoms with Gasteiger partial charge in [-0.05, 0) is 50.0 Å². The van der Waals surface area contributed by atoms with Gasteiger partial charge in [0.2, 0.25) is 5.56 Å². The highest BCUT2D eigenvalue weighted by Crippen LogP contribution is 2.25. The number of aromatic nitrogens is 1. The van der Waals surface area contributed by atoms with Crippen molar-refractivity contribution in [2.24, 2.45) is 0 Å². The maximum atomic E-state index is 11.4. The van der Waals surface area contributed by atoms with Gasteiger partial charge in [-0.15, -0.1) is 0 Å². The lowest BCUT2D eigenvalue weighted by molar-refractivity contribution is 0.278. The number of phenols is 1. The third kappa shape index (κ3) is 3.85. The van der Waals surface area contributed by atoms with Crippen molar-refractivity contribution in [1.29, 1.82) is 0 Å². The summed E-state index contributed by atoms with van der Waals surface area (Å²) in [6.07, 6.45) is 3.23. The standard InChI is InChI=1S/C17H24N2O2/c1-3-10-19(11-4-2)12-9-13-5-7-15(20)17-14(13)6-8-16(21)18-17/h5-8,20H,3-4,9-12H2,1-2H3,(H,18,21). The van der Waals surface area contributed by atoms with Gasteiger partial charge in [0.15, 0.2) is 0 Å². The molecule has 0 fully saturated rings. The average Bonchev–Trinajstić information content (AvgIpc) is 2.47. The van der Waals surface area contributed by atoms with Gasteiger partial charge < -0.3 is 15.0 Å². The van der Waals surface area contributed by atoms with E-state index in [0.29, 0.717) is 5.52 Å². The van der Waals surface area contributed by atoms with Crippen LogP contribution in [0.1, 0.15) is 32.3 Å². The van der Waals surface area contributed by atoms with Crippen molar-refractivity contribution >= 4 is 10.9 Å². The van der Waals surface area contributed by atoms with Crippen LogP contribution in [0.3, 0.4) is 0 Å². The average molecular weight is 288 g/mol. The molecule has 2 aromatic rings. The summed E-state index contributed by atoms with van der Waals surface area (Å²) < 4.78 is 0. The molecule has 0 atom stereocenters. The minimum Gasteiger partial charge on any atom is -0.506 e. The summed E-state index contributed by atoms with van der Waals surface area (Å²) in [5.74, 6) is 0.130. The molecule has 0 aliphatic rings. The Bertz CT molecular complexity index is 643. The Labute approximate surface area is 125 Å². The van der Waals surface area contributed by atoms with E-state index in [2.05, 4.69) is 23.7 Å². The van der Waals surface area contributed by atoms with Gasteiger partial charge in [-0.3, -0.25) is 4.79 Å². The topological polar surface area (TPSA) is 56.3 Å². The van der Waals surface area contributed by atoms with Gasteiger partial charge in [-0.1, -0.05) is 19.9 Å². The number of pyridine rings is 1. The van der Waals surface area contributed by atoms with Gasteiger partial charge in [0, 0.05) is 18.0 Å². The quantitative estimate of drug-likeness (QED) is 0.823. The molecule has 1 aromatic carbocycles. The zero-order chi connectivity index (χ0) is 15.2. The minimum absolute atomic E-state index is 0.130. The number of nitrogens with zero attached hydrogens (tertiary/aromatic N) is 1. The fourth-order valence-electron chi connectivity index (χ4n) is 2.76. The van der Waals surface area contributed by atoms with Gasteiger partial charge in [0.25, 0.3) is 0 Å². The molecule has 21 heavy (non-hydrogen) atoms. The molecule has 0 aliphatic carbocycles. The number of hydrogen-bond donors (Lipinski definition) is 2. The Morgan fingerprint density at radius 1 is 1.05 bits per heavy atom. The van der Waals surface area contributed by atoms with Crippen LogP contribution in [0.4, 0.5) is 0 Å². The minimum atomic E-state index is -0.187. The maximum absolute atomic E-state index is 11.4. The Balaban J connectivity index is 2.22. The first-order chi connectivity index (χ1) is 10.2. The van der Waals surface area contributed by atoms with Crippen molar-refractivity contribution in [1.82, 2.24) is 9.88 Å². The summed E-state index contributed by atoms with van der Waals surface area (Å²) in [5.41, 5.74) is 1.52. The molecule has 0 unspecified atom stereocenters. The fraction of sp³-hybridized carbons (Fsp3) is 0.471. The largest absolute Gasteiger partial charge is 0.506 e.